The molecule has 0 N–H and O–H groups in total. The highest BCUT2D eigenvalue weighted by molar-refractivity contribution is 6.19. The number of hydrogen-bond acceptors (Lipinski definition) is 4. The van der Waals surface area contributed by atoms with Crippen molar-refractivity contribution in [3.8, 4) is 62.1 Å². The largest absolute Gasteiger partial charge is 0.456 e. The lowest BCUT2D eigenvalue weighted by molar-refractivity contribution is 0.669. The molecule has 0 amide bonds. The fraction of sp³-hybridized carbons (Fsp3) is 0. The molecule has 3 aromatic heterocycles. The van der Waals surface area contributed by atoms with Gasteiger partial charge in [-0.25, -0.2) is 15.0 Å². The molecule has 0 aliphatic heterocycles. The predicted molar refractivity (Wildman–Crippen MR) is 229 cm³/mol. The summed E-state index contributed by atoms with van der Waals surface area (Å²) in [5.41, 5.74) is 12.3. The third-order valence-electron chi connectivity index (χ3n) is 10.7. The Labute approximate surface area is 322 Å². The summed E-state index contributed by atoms with van der Waals surface area (Å²) in [6, 6.07) is 67.4. The third-order valence-corrected chi connectivity index (χ3v) is 10.7. The highest BCUT2D eigenvalue weighted by atomic mass is 16.3. The summed E-state index contributed by atoms with van der Waals surface area (Å²) in [5.74, 6) is 1.79. The Bertz CT molecular complexity index is 3100. The van der Waals surface area contributed by atoms with Crippen LogP contribution in [0.1, 0.15) is 0 Å². The molecule has 56 heavy (non-hydrogen) atoms. The van der Waals surface area contributed by atoms with Gasteiger partial charge in [0.15, 0.2) is 17.5 Å². The zero-order valence-corrected chi connectivity index (χ0v) is 30.2. The van der Waals surface area contributed by atoms with Gasteiger partial charge >= 0.3 is 0 Å². The monoisotopic (exact) mass is 716 g/mol. The van der Waals surface area contributed by atoms with Crippen molar-refractivity contribution in [3.05, 3.63) is 194 Å². The molecule has 0 saturated carbocycles. The minimum atomic E-state index is 0.585. The third kappa shape index (κ3) is 5.37. The van der Waals surface area contributed by atoms with Crippen LogP contribution in [0.5, 0.6) is 0 Å². The summed E-state index contributed by atoms with van der Waals surface area (Å²) in [5, 5.41) is 4.29. The Hall–Kier alpha value is -7.63. The van der Waals surface area contributed by atoms with Gasteiger partial charge in [0.05, 0.1) is 11.0 Å². The van der Waals surface area contributed by atoms with Crippen molar-refractivity contribution in [2.75, 3.05) is 0 Å². The van der Waals surface area contributed by atoms with E-state index in [0.29, 0.717) is 17.5 Å². The van der Waals surface area contributed by atoms with Gasteiger partial charge in [-0.15, -0.1) is 0 Å². The first-order valence-electron chi connectivity index (χ1n) is 18.8. The van der Waals surface area contributed by atoms with Gasteiger partial charge in [0, 0.05) is 43.9 Å². The second kappa shape index (κ2) is 13.0. The molecule has 5 heteroatoms. The molecule has 0 fully saturated rings. The van der Waals surface area contributed by atoms with E-state index in [1.54, 1.807) is 0 Å². The van der Waals surface area contributed by atoms with E-state index in [9.17, 15) is 0 Å². The maximum absolute atomic E-state index is 6.65. The molecule has 5 nitrogen and oxygen atoms in total. The Balaban J connectivity index is 1.12. The number of furan rings is 1. The molecule has 0 aliphatic rings. The van der Waals surface area contributed by atoms with Crippen LogP contribution in [0.25, 0.3) is 106 Å². The molecule has 0 aliphatic carbocycles. The molecule has 0 unspecified atom stereocenters. The minimum Gasteiger partial charge on any atom is -0.456 e. The van der Waals surface area contributed by atoms with Crippen molar-refractivity contribution in [1.82, 2.24) is 19.5 Å². The van der Waals surface area contributed by atoms with E-state index in [4.69, 9.17) is 19.4 Å². The standard InChI is InChI=1S/C51H32N4O/c1-4-13-33(14-5-1)35-23-27-37(28-24-35)49-52-50(38-29-25-36(26-30-38)34-15-6-2-7-16-34)54-51(53-49)41-20-12-22-46-48(41)43-31-45-42(32-47(43)56-46)40-19-10-11-21-44(40)55(45)39-17-8-3-9-18-39/h1-32H. The van der Waals surface area contributed by atoms with Crippen LogP contribution in [-0.2, 0) is 0 Å². The number of hydrogen-bond donors (Lipinski definition) is 0. The van der Waals surface area contributed by atoms with Gasteiger partial charge in [0.1, 0.15) is 11.2 Å². The van der Waals surface area contributed by atoms with Crippen LogP contribution in [0, 0.1) is 0 Å². The average Bonchev–Trinajstić information content (AvgIpc) is 3.81. The van der Waals surface area contributed by atoms with Gasteiger partial charge in [-0.2, -0.15) is 0 Å². The summed E-state index contributed by atoms with van der Waals surface area (Å²) in [6.07, 6.45) is 0. The lowest BCUT2D eigenvalue weighted by atomic mass is 10.0. The molecule has 0 radical (unpaired) electrons. The van der Waals surface area contributed by atoms with Crippen molar-refractivity contribution < 1.29 is 4.42 Å². The molecular formula is C51H32N4O. The van der Waals surface area contributed by atoms with Crippen LogP contribution in [0.3, 0.4) is 0 Å². The van der Waals surface area contributed by atoms with Crippen molar-refractivity contribution in [2.45, 2.75) is 0 Å². The number of fused-ring (bicyclic) bond motifs is 6. The Kier molecular flexibility index (Phi) is 7.42. The van der Waals surface area contributed by atoms with Crippen LogP contribution >= 0.6 is 0 Å². The number of rotatable bonds is 6. The maximum atomic E-state index is 6.65. The summed E-state index contributed by atoms with van der Waals surface area (Å²) in [4.78, 5) is 15.5. The highest BCUT2D eigenvalue weighted by Crippen LogP contribution is 2.41. The average molecular weight is 717 g/mol. The second-order valence-corrected chi connectivity index (χ2v) is 14.0. The molecule has 8 aromatic carbocycles. The first-order valence-corrected chi connectivity index (χ1v) is 18.8. The van der Waals surface area contributed by atoms with Crippen LogP contribution in [0.15, 0.2) is 199 Å². The van der Waals surface area contributed by atoms with Crippen LogP contribution in [-0.4, -0.2) is 19.5 Å². The fourth-order valence-electron chi connectivity index (χ4n) is 7.97. The molecule has 0 bridgehead atoms. The van der Waals surface area contributed by atoms with Crippen molar-refractivity contribution in [1.29, 1.82) is 0 Å². The smallest absolute Gasteiger partial charge is 0.164 e. The van der Waals surface area contributed by atoms with Gasteiger partial charge in [0.25, 0.3) is 0 Å². The highest BCUT2D eigenvalue weighted by Gasteiger charge is 2.21. The van der Waals surface area contributed by atoms with E-state index in [1.165, 1.54) is 5.39 Å². The van der Waals surface area contributed by atoms with Crippen molar-refractivity contribution in [2.24, 2.45) is 0 Å². The van der Waals surface area contributed by atoms with E-state index < -0.39 is 0 Å². The summed E-state index contributed by atoms with van der Waals surface area (Å²) in [6.45, 7) is 0. The van der Waals surface area contributed by atoms with E-state index in [1.807, 2.05) is 24.3 Å². The first kappa shape index (κ1) is 31.9. The van der Waals surface area contributed by atoms with E-state index >= 15 is 0 Å². The van der Waals surface area contributed by atoms with Gasteiger partial charge < -0.3 is 8.98 Å². The molecule has 3 heterocycles. The normalized spacial score (nSPS) is 11.6. The fourth-order valence-corrected chi connectivity index (χ4v) is 7.97. The summed E-state index contributed by atoms with van der Waals surface area (Å²) < 4.78 is 8.98. The maximum Gasteiger partial charge on any atom is 0.164 e. The zero-order chi connectivity index (χ0) is 37.0. The van der Waals surface area contributed by atoms with E-state index in [2.05, 4.69) is 174 Å². The van der Waals surface area contributed by atoms with Gasteiger partial charge in [-0.3, -0.25) is 0 Å². The minimum absolute atomic E-state index is 0.585. The van der Waals surface area contributed by atoms with Gasteiger partial charge in [-0.05, 0) is 58.7 Å². The van der Waals surface area contributed by atoms with E-state index in [-0.39, 0.29) is 0 Å². The Morgan fingerprint density at radius 1 is 0.339 bits per heavy atom. The van der Waals surface area contributed by atoms with Crippen molar-refractivity contribution in [3.63, 3.8) is 0 Å². The number of nitrogens with zero attached hydrogens (tertiary/aromatic N) is 4. The lowest BCUT2D eigenvalue weighted by Crippen LogP contribution is -2.00. The van der Waals surface area contributed by atoms with Crippen LogP contribution in [0.4, 0.5) is 0 Å². The van der Waals surface area contributed by atoms with E-state index in [0.717, 1.165) is 83.0 Å². The number of benzene rings is 8. The van der Waals surface area contributed by atoms with Gasteiger partial charge in [0.2, 0.25) is 0 Å². The molecular weight excluding hydrogens is 685 g/mol. The molecule has 0 spiro atoms. The quantitative estimate of drug-likeness (QED) is 0.172. The molecule has 11 aromatic rings. The van der Waals surface area contributed by atoms with Crippen LogP contribution in [0.2, 0.25) is 0 Å². The van der Waals surface area contributed by atoms with Gasteiger partial charge in [-0.1, -0.05) is 158 Å². The Morgan fingerprint density at radius 3 is 1.48 bits per heavy atom. The Morgan fingerprint density at radius 2 is 0.857 bits per heavy atom. The SMILES string of the molecule is c1ccc(-c2ccc(-c3nc(-c4ccc(-c5ccccc5)cc4)nc(-c4cccc5oc6cc7c8ccccc8n(-c8ccccc8)c7cc6c45)n3)cc2)cc1. The van der Waals surface area contributed by atoms with Crippen molar-refractivity contribution >= 4 is 43.7 Å². The molecule has 0 atom stereocenters. The molecule has 11 rings (SSSR count). The predicted octanol–water partition coefficient (Wildman–Crippen LogP) is 13.2. The number of para-hydroxylation sites is 2. The zero-order valence-electron chi connectivity index (χ0n) is 30.2. The summed E-state index contributed by atoms with van der Waals surface area (Å²) >= 11 is 0. The molecule has 0 saturated heterocycles. The van der Waals surface area contributed by atoms with Crippen LogP contribution < -0.4 is 0 Å². The lowest BCUT2D eigenvalue weighted by Gasteiger charge is -2.11. The number of aromatic nitrogens is 4. The topological polar surface area (TPSA) is 56.7 Å². The molecule has 262 valence electrons. The second-order valence-electron chi connectivity index (χ2n) is 14.0. The first-order chi connectivity index (χ1) is 27.7. The summed E-state index contributed by atoms with van der Waals surface area (Å²) in [7, 11) is 0.